The van der Waals surface area contributed by atoms with Gasteiger partial charge in [0.15, 0.2) is 0 Å². The van der Waals surface area contributed by atoms with Gasteiger partial charge in [0.25, 0.3) is 11.5 Å². The maximum Gasteiger partial charge on any atom is 0.252 e. The van der Waals surface area contributed by atoms with E-state index in [2.05, 4.69) is 20.4 Å². The molecule has 27 heavy (non-hydrogen) atoms. The second-order valence-electron chi connectivity index (χ2n) is 6.14. The Kier molecular flexibility index (Phi) is 5.82. The molecule has 0 unspecified atom stereocenters. The number of aromatic amines is 1. The van der Waals surface area contributed by atoms with Gasteiger partial charge in [0.05, 0.1) is 10.6 Å². The van der Waals surface area contributed by atoms with E-state index in [0.29, 0.717) is 23.8 Å². The van der Waals surface area contributed by atoms with E-state index in [1.54, 1.807) is 6.07 Å². The molecular formula is C18H21N5O3S. The first-order valence-corrected chi connectivity index (χ1v) is 9.49. The zero-order chi connectivity index (χ0) is 19.4. The Morgan fingerprint density at radius 2 is 2.22 bits per heavy atom. The van der Waals surface area contributed by atoms with Gasteiger partial charge in [-0.05, 0) is 24.3 Å². The van der Waals surface area contributed by atoms with Crippen LogP contribution in [-0.2, 0) is 9.53 Å². The molecular weight excluding hydrogens is 366 g/mol. The number of anilines is 1. The summed E-state index contributed by atoms with van der Waals surface area (Å²) in [6, 6.07) is 7.07. The minimum absolute atomic E-state index is 0.0635. The summed E-state index contributed by atoms with van der Waals surface area (Å²) >= 11 is 1.53. The maximum atomic E-state index is 12.1. The zero-order valence-corrected chi connectivity index (χ0v) is 16.2. The first-order valence-electron chi connectivity index (χ1n) is 8.61. The Morgan fingerprint density at radius 3 is 2.89 bits per heavy atom. The van der Waals surface area contributed by atoms with Crippen molar-refractivity contribution in [2.75, 3.05) is 18.5 Å². The number of aromatic nitrogens is 4. The molecule has 0 bridgehead atoms. The van der Waals surface area contributed by atoms with E-state index in [9.17, 15) is 9.59 Å². The Bertz CT molecular complexity index is 975. The van der Waals surface area contributed by atoms with E-state index >= 15 is 0 Å². The van der Waals surface area contributed by atoms with Crippen molar-refractivity contribution < 1.29 is 9.53 Å². The molecule has 0 aromatic carbocycles. The smallest absolute Gasteiger partial charge is 0.252 e. The lowest BCUT2D eigenvalue weighted by atomic mass is 10.1. The molecule has 3 aromatic heterocycles. The van der Waals surface area contributed by atoms with E-state index in [0.717, 1.165) is 4.88 Å². The fraction of sp³-hybridized carbons (Fsp3) is 0.333. The minimum atomic E-state index is -0.307. The van der Waals surface area contributed by atoms with E-state index in [1.807, 2.05) is 38.3 Å². The zero-order valence-electron chi connectivity index (χ0n) is 15.4. The normalized spacial score (nSPS) is 11.1. The number of thiophene rings is 1. The van der Waals surface area contributed by atoms with Gasteiger partial charge in [-0.2, -0.15) is 9.78 Å². The predicted octanol–water partition coefficient (Wildman–Crippen LogP) is 2.78. The van der Waals surface area contributed by atoms with Crippen LogP contribution in [-0.4, -0.2) is 38.9 Å². The monoisotopic (exact) mass is 387 g/mol. The number of H-pyrrole nitrogens is 1. The van der Waals surface area contributed by atoms with Gasteiger partial charge >= 0.3 is 0 Å². The largest absolute Gasteiger partial charge is 0.372 e. The highest BCUT2D eigenvalue weighted by molar-refractivity contribution is 7.13. The summed E-state index contributed by atoms with van der Waals surface area (Å²) in [6.45, 7) is 6.11. The number of ether oxygens (including phenoxy) is 1. The number of hydrogen-bond acceptors (Lipinski definition) is 6. The molecule has 142 valence electrons. The molecule has 8 nitrogen and oxygen atoms in total. The van der Waals surface area contributed by atoms with Crippen molar-refractivity contribution in [2.45, 2.75) is 26.7 Å². The van der Waals surface area contributed by atoms with Crippen LogP contribution in [0.3, 0.4) is 0 Å². The summed E-state index contributed by atoms with van der Waals surface area (Å²) in [4.78, 5) is 32.3. The van der Waals surface area contributed by atoms with Crippen LogP contribution in [0.15, 0.2) is 34.4 Å². The lowest BCUT2D eigenvalue weighted by molar-refractivity contribution is -0.120. The molecule has 0 atom stereocenters. The van der Waals surface area contributed by atoms with Crippen molar-refractivity contribution in [3.05, 3.63) is 45.7 Å². The average Bonchev–Trinajstić information content (AvgIpc) is 3.29. The van der Waals surface area contributed by atoms with Crippen molar-refractivity contribution in [3.63, 3.8) is 0 Å². The van der Waals surface area contributed by atoms with Gasteiger partial charge in [-0.1, -0.05) is 19.9 Å². The second-order valence-corrected chi connectivity index (χ2v) is 7.09. The fourth-order valence-corrected chi connectivity index (χ4v) is 3.09. The molecule has 0 aliphatic heterocycles. The molecule has 0 aliphatic rings. The summed E-state index contributed by atoms with van der Waals surface area (Å²) in [5.74, 6) is 0.431. The van der Waals surface area contributed by atoms with E-state index < -0.39 is 0 Å². The molecule has 0 saturated carbocycles. The standard InChI is InChI=1S/C18H21N5O3S/c1-4-26-10-17(25)20-15-8-13(14-6-5-7-27-14)22-23(15)18-19-12(11(2)3)9-16(24)21-18/h5-9,11H,4,10H2,1-3H3,(H,20,25)(H,19,21,24). The molecule has 3 heterocycles. The minimum Gasteiger partial charge on any atom is -0.372 e. The maximum absolute atomic E-state index is 12.1. The third kappa shape index (κ3) is 4.50. The van der Waals surface area contributed by atoms with E-state index in [-0.39, 0.29) is 29.9 Å². The lowest BCUT2D eigenvalue weighted by Gasteiger charge is -2.10. The molecule has 0 fully saturated rings. The van der Waals surface area contributed by atoms with Crippen LogP contribution < -0.4 is 10.9 Å². The topological polar surface area (TPSA) is 102 Å². The summed E-state index contributed by atoms with van der Waals surface area (Å²) in [6.07, 6.45) is 0. The van der Waals surface area contributed by atoms with Crippen LogP contribution in [0.5, 0.6) is 0 Å². The molecule has 0 spiro atoms. The van der Waals surface area contributed by atoms with Gasteiger partial charge in [-0.3, -0.25) is 14.6 Å². The van der Waals surface area contributed by atoms with Crippen LogP contribution >= 0.6 is 11.3 Å². The number of rotatable bonds is 7. The highest BCUT2D eigenvalue weighted by atomic mass is 32.1. The molecule has 0 saturated heterocycles. The molecule has 3 rings (SSSR count). The highest BCUT2D eigenvalue weighted by Gasteiger charge is 2.17. The summed E-state index contributed by atoms with van der Waals surface area (Å²) < 4.78 is 6.59. The van der Waals surface area contributed by atoms with Gasteiger partial charge in [-0.25, -0.2) is 4.98 Å². The lowest BCUT2D eigenvalue weighted by Crippen LogP contribution is -2.22. The number of amides is 1. The number of carbonyl (C=O) groups excluding carboxylic acids is 1. The van der Waals surface area contributed by atoms with Crippen LogP contribution in [0.2, 0.25) is 0 Å². The first kappa shape index (κ1) is 19.0. The van der Waals surface area contributed by atoms with E-state index in [1.165, 1.54) is 22.1 Å². The van der Waals surface area contributed by atoms with E-state index in [4.69, 9.17) is 4.74 Å². The molecule has 3 aromatic rings. The Hall–Kier alpha value is -2.78. The quantitative estimate of drug-likeness (QED) is 0.649. The molecule has 0 radical (unpaired) electrons. The van der Waals surface area contributed by atoms with Crippen molar-refractivity contribution >= 4 is 23.1 Å². The number of nitrogens with one attached hydrogen (secondary N) is 2. The van der Waals surface area contributed by atoms with Crippen molar-refractivity contribution in [1.29, 1.82) is 0 Å². The van der Waals surface area contributed by atoms with Crippen LogP contribution in [0, 0.1) is 0 Å². The third-order valence-corrected chi connectivity index (χ3v) is 4.62. The van der Waals surface area contributed by atoms with Gasteiger partial charge in [0.1, 0.15) is 18.1 Å². The van der Waals surface area contributed by atoms with Crippen LogP contribution in [0.25, 0.3) is 16.5 Å². The number of nitrogens with zero attached hydrogens (tertiary/aromatic N) is 3. The highest BCUT2D eigenvalue weighted by Crippen LogP contribution is 2.27. The van der Waals surface area contributed by atoms with Gasteiger partial charge < -0.3 is 10.1 Å². The van der Waals surface area contributed by atoms with Gasteiger partial charge in [0, 0.05) is 18.7 Å². The first-order chi connectivity index (χ1) is 13.0. The average molecular weight is 387 g/mol. The van der Waals surface area contributed by atoms with Gasteiger partial charge in [-0.15, -0.1) is 11.3 Å². The van der Waals surface area contributed by atoms with Gasteiger partial charge in [0.2, 0.25) is 5.95 Å². The summed E-state index contributed by atoms with van der Waals surface area (Å²) in [5, 5.41) is 9.26. The SMILES string of the molecule is CCOCC(=O)Nc1cc(-c2cccs2)nn1-c1nc(C(C)C)cc(=O)[nH]1. The summed E-state index contributed by atoms with van der Waals surface area (Å²) in [7, 11) is 0. The molecule has 0 aliphatic carbocycles. The molecule has 9 heteroatoms. The third-order valence-electron chi connectivity index (χ3n) is 3.73. The predicted molar refractivity (Wildman–Crippen MR) is 105 cm³/mol. The van der Waals surface area contributed by atoms with Crippen molar-refractivity contribution in [1.82, 2.24) is 19.7 Å². The number of carbonyl (C=O) groups is 1. The van der Waals surface area contributed by atoms with Crippen molar-refractivity contribution in [2.24, 2.45) is 0 Å². The van der Waals surface area contributed by atoms with Crippen LogP contribution in [0.4, 0.5) is 5.82 Å². The Balaban J connectivity index is 2.05. The number of hydrogen-bond donors (Lipinski definition) is 2. The fourth-order valence-electron chi connectivity index (χ4n) is 2.41. The summed E-state index contributed by atoms with van der Waals surface area (Å²) in [5.41, 5.74) is 1.05. The van der Waals surface area contributed by atoms with Crippen LogP contribution in [0.1, 0.15) is 32.4 Å². The van der Waals surface area contributed by atoms with Crippen molar-refractivity contribution in [3.8, 4) is 16.5 Å². The second kappa shape index (κ2) is 8.28. The Labute approximate surface area is 160 Å². The Morgan fingerprint density at radius 1 is 1.41 bits per heavy atom. The molecule has 2 N–H and O–H groups in total. The molecule has 1 amide bonds.